The number of halogens is 3. The number of allylic oxidation sites excluding steroid dienone is 2. The van der Waals surface area contributed by atoms with Crippen LogP contribution in [-0.2, 0) is 10.0 Å². The Kier molecular flexibility index (Phi) is 5.13. The molecule has 1 aliphatic heterocycles. The van der Waals surface area contributed by atoms with Gasteiger partial charge in [0.05, 0.1) is 5.52 Å². The zero-order chi connectivity index (χ0) is 22.2. The summed E-state index contributed by atoms with van der Waals surface area (Å²) in [4.78, 5) is 13.4. The monoisotopic (exact) mass is 448 g/mol. The summed E-state index contributed by atoms with van der Waals surface area (Å²) in [6.45, 7) is 0. The second-order valence-corrected chi connectivity index (χ2v) is 8.57. The molecule has 0 saturated carbocycles. The molecule has 4 rings (SSSR count). The van der Waals surface area contributed by atoms with E-state index in [0.717, 1.165) is 12.4 Å². The van der Waals surface area contributed by atoms with Crippen LogP contribution in [0.15, 0.2) is 79.1 Å². The van der Waals surface area contributed by atoms with E-state index in [9.17, 15) is 26.4 Å². The lowest BCUT2D eigenvalue weighted by Crippen LogP contribution is -2.36. The quantitative estimate of drug-likeness (QED) is 0.556. The number of benzene rings is 2. The van der Waals surface area contributed by atoms with Crippen LogP contribution in [0.25, 0.3) is 11.0 Å². The van der Waals surface area contributed by atoms with E-state index in [1.165, 1.54) is 16.8 Å². The third kappa shape index (κ3) is 3.72. The third-order valence-corrected chi connectivity index (χ3v) is 6.20. The largest absolute Gasteiger partial charge is 0.517 e. The average Bonchev–Trinajstić information content (AvgIpc) is 3.18. The zero-order valence-corrected chi connectivity index (χ0v) is 16.5. The van der Waals surface area contributed by atoms with Gasteiger partial charge in [-0.15, -0.1) is 5.10 Å². The van der Waals surface area contributed by atoms with Crippen molar-refractivity contribution in [1.82, 2.24) is 19.3 Å². The van der Waals surface area contributed by atoms with Gasteiger partial charge in [0.25, 0.3) is 0 Å². The van der Waals surface area contributed by atoms with Crippen LogP contribution in [0.1, 0.15) is 16.4 Å². The van der Waals surface area contributed by atoms with Crippen molar-refractivity contribution in [1.29, 1.82) is 0 Å². The molecule has 2 aromatic carbocycles. The van der Waals surface area contributed by atoms with Crippen molar-refractivity contribution in [2.45, 2.75) is 11.6 Å². The summed E-state index contributed by atoms with van der Waals surface area (Å²) in [5, 5.41) is 8.15. The number of Topliss-reactive ketones (excluding diaryl/α,β-unsaturated/α-hetero) is 1. The summed E-state index contributed by atoms with van der Waals surface area (Å²) in [5.41, 5.74) is -3.97. The van der Waals surface area contributed by atoms with Crippen LogP contribution < -0.4 is 0 Å². The molecule has 0 saturated heterocycles. The summed E-state index contributed by atoms with van der Waals surface area (Å²) in [6, 6.07) is 14.3. The summed E-state index contributed by atoms with van der Waals surface area (Å²) >= 11 is 0. The summed E-state index contributed by atoms with van der Waals surface area (Å²) in [7, 11) is -5.57. The van der Waals surface area contributed by atoms with Gasteiger partial charge in [-0.2, -0.15) is 21.6 Å². The molecule has 0 N–H and O–H groups in total. The number of carbonyl (C=O) groups excluding carboxylic acids is 1. The van der Waals surface area contributed by atoms with E-state index in [-0.39, 0.29) is 10.1 Å². The molecule has 1 aromatic heterocycles. The molecule has 11 heteroatoms. The van der Waals surface area contributed by atoms with Crippen molar-refractivity contribution < 1.29 is 26.4 Å². The molecule has 1 unspecified atom stereocenters. The highest BCUT2D eigenvalue weighted by molar-refractivity contribution is 7.90. The Labute approximate surface area is 175 Å². The summed E-state index contributed by atoms with van der Waals surface area (Å²) in [6.07, 6.45) is 4.03. The predicted octanol–water partition coefficient (Wildman–Crippen LogP) is 3.66. The van der Waals surface area contributed by atoms with Gasteiger partial charge in [0, 0.05) is 23.9 Å². The van der Waals surface area contributed by atoms with E-state index in [0.29, 0.717) is 16.6 Å². The first-order valence-corrected chi connectivity index (χ1v) is 10.5. The van der Waals surface area contributed by atoms with E-state index >= 15 is 0 Å². The Hall–Kier alpha value is -3.47. The molecule has 160 valence electrons. The van der Waals surface area contributed by atoms with Crippen molar-refractivity contribution in [3.63, 3.8) is 0 Å². The Morgan fingerprint density at radius 2 is 1.58 bits per heavy atom. The summed E-state index contributed by atoms with van der Waals surface area (Å²) in [5.74, 6) is -1.11. The number of nitrogens with zero attached hydrogens (tertiary/aromatic N) is 4. The highest BCUT2D eigenvalue weighted by atomic mass is 32.2. The van der Waals surface area contributed by atoms with Crippen molar-refractivity contribution in [3.8, 4) is 0 Å². The molecule has 7 nitrogen and oxygen atoms in total. The fourth-order valence-corrected chi connectivity index (χ4v) is 3.99. The average molecular weight is 448 g/mol. The topological polar surface area (TPSA) is 85.2 Å². The van der Waals surface area contributed by atoms with Crippen LogP contribution in [-0.4, -0.2) is 39.0 Å². The van der Waals surface area contributed by atoms with E-state index in [2.05, 4.69) is 10.3 Å². The number of sulfonamides is 1. The fraction of sp³-hybridized carbons (Fsp3) is 0.150. The van der Waals surface area contributed by atoms with Gasteiger partial charge in [-0.25, -0.2) is 8.99 Å². The minimum atomic E-state index is -5.57. The van der Waals surface area contributed by atoms with E-state index < -0.39 is 27.5 Å². The van der Waals surface area contributed by atoms with Gasteiger partial charge < -0.3 is 0 Å². The molecule has 2 heterocycles. The van der Waals surface area contributed by atoms with E-state index in [1.807, 2.05) is 0 Å². The van der Waals surface area contributed by atoms with Crippen LogP contribution in [0, 0.1) is 5.92 Å². The van der Waals surface area contributed by atoms with Gasteiger partial charge in [-0.1, -0.05) is 59.8 Å². The Balaban J connectivity index is 1.76. The molecule has 0 amide bonds. The van der Waals surface area contributed by atoms with Gasteiger partial charge >= 0.3 is 15.5 Å². The molecule has 31 heavy (non-hydrogen) atoms. The van der Waals surface area contributed by atoms with Crippen molar-refractivity contribution >= 4 is 26.8 Å². The number of alkyl halides is 3. The maximum atomic E-state index is 13.4. The second kappa shape index (κ2) is 7.65. The van der Waals surface area contributed by atoms with Crippen molar-refractivity contribution in [2.75, 3.05) is 0 Å². The van der Waals surface area contributed by atoms with Crippen LogP contribution in [0.2, 0.25) is 0 Å². The first-order chi connectivity index (χ1) is 14.7. The maximum Gasteiger partial charge on any atom is 0.517 e. The van der Waals surface area contributed by atoms with E-state index in [1.54, 1.807) is 54.6 Å². The number of ketones is 1. The number of hydrogen-bond acceptors (Lipinski definition) is 5. The number of aromatic nitrogens is 3. The lowest BCUT2D eigenvalue weighted by Gasteiger charge is -2.27. The maximum absolute atomic E-state index is 13.4. The minimum Gasteiger partial charge on any atom is -0.292 e. The van der Waals surface area contributed by atoms with Crippen molar-refractivity contribution in [3.05, 3.63) is 84.7 Å². The minimum absolute atomic E-state index is 0.0764. The molecule has 0 spiro atoms. The van der Waals surface area contributed by atoms with Crippen LogP contribution in [0.4, 0.5) is 13.2 Å². The number of rotatable bonds is 5. The SMILES string of the molecule is O=C(c1ccccc1)C(C1C=CN(S(=O)(=O)C(F)(F)F)C=C1)n1nnc2ccccc21. The molecule has 1 atom stereocenters. The number of carbonyl (C=O) groups is 1. The number of hydrogen-bond donors (Lipinski definition) is 0. The highest BCUT2D eigenvalue weighted by Crippen LogP contribution is 2.33. The Morgan fingerprint density at radius 1 is 0.968 bits per heavy atom. The van der Waals surface area contributed by atoms with Gasteiger partial charge in [0.15, 0.2) is 5.78 Å². The van der Waals surface area contributed by atoms with Gasteiger partial charge in [-0.3, -0.25) is 4.79 Å². The molecule has 3 aromatic rings. The molecule has 1 aliphatic rings. The molecular formula is C20H15F3N4O3S. The smallest absolute Gasteiger partial charge is 0.292 e. The molecule has 0 radical (unpaired) electrons. The first kappa shape index (κ1) is 20.8. The fourth-order valence-electron chi connectivity index (χ4n) is 3.29. The van der Waals surface area contributed by atoms with Crippen molar-refractivity contribution in [2.24, 2.45) is 5.92 Å². The number of para-hydroxylation sites is 1. The predicted molar refractivity (Wildman–Crippen MR) is 106 cm³/mol. The van der Waals surface area contributed by atoms with Crippen LogP contribution >= 0.6 is 0 Å². The standard InChI is InChI=1S/C20H15F3N4O3S/c21-20(22,23)31(29,30)26-12-10-14(11-13-26)18(19(28)15-6-2-1-3-7-15)27-17-9-5-4-8-16(17)24-25-27/h1-14,18H. The lowest BCUT2D eigenvalue weighted by atomic mass is 9.91. The Bertz CT molecular complexity index is 1270. The normalized spacial score (nSPS) is 16.0. The van der Waals surface area contributed by atoms with Gasteiger partial charge in [0.2, 0.25) is 0 Å². The molecule has 0 bridgehead atoms. The van der Waals surface area contributed by atoms with Crippen LogP contribution in [0.5, 0.6) is 0 Å². The van der Waals surface area contributed by atoms with Crippen LogP contribution in [0.3, 0.4) is 0 Å². The Morgan fingerprint density at radius 3 is 2.23 bits per heavy atom. The van der Waals surface area contributed by atoms with E-state index in [4.69, 9.17) is 0 Å². The second-order valence-electron chi connectivity index (χ2n) is 6.74. The molecule has 0 aliphatic carbocycles. The molecule has 0 fully saturated rings. The summed E-state index contributed by atoms with van der Waals surface area (Å²) < 4.78 is 63.3. The zero-order valence-electron chi connectivity index (χ0n) is 15.7. The molecular weight excluding hydrogens is 433 g/mol. The third-order valence-electron chi connectivity index (χ3n) is 4.81. The highest BCUT2D eigenvalue weighted by Gasteiger charge is 2.49. The lowest BCUT2D eigenvalue weighted by molar-refractivity contribution is -0.0468. The van der Waals surface area contributed by atoms with Gasteiger partial charge in [-0.05, 0) is 12.1 Å². The number of fused-ring (bicyclic) bond motifs is 1. The first-order valence-electron chi connectivity index (χ1n) is 9.06. The van der Waals surface area contributed by atoms with Gasteiger partial charge in [0.1, 0.15) is 11.6 Å².